The standard InChI is InChI=1S/C16H21FN2O2/c17-14-9-12(6-7-15(14)21-13-4-1-5-13)19-16(20)10-11-3-2-8-18-11/h6-7,9,11,13,18H,1-5,8,10H2,(H,19,20). The molecule has 1 saturated heterocycles. The second kappa shape index (κ2) is 6.43. The summed E-state index contributed by atoms with van der Waals surface area (Å²) < 4.78 is 19.5. The van der Waals surface area contributed by atoms with Crippen LogP contribution in [0, 0.1) is 5.82 Å². The first-order valence-corrected chi connectivity index (χ1v) is 7.70. The molecule has 1 unspecified atom stereocenters. The SMILES string of the molecule is O=C(CC1CCCN1)Nc1ccc(OC2CCC2)c(F)c1. The highest BCUT2D eigenvalue weighted by molar-refractivity contribution is 5.91. The van der Waals surface area contributed by atoms with E-state index in [0.717, 1.165) is 38.6 Å². The number of hydrogen-bond acceptors (Lipinski definition) is 3. The van der Waals surface area contributed by atoms with Crippen molar-refractivity contribution in [2.24, 2.45) is 0 Å². The van der Waals surface area contributed by atoms with Gasteiger partial charge in [-0.15, -0.1) is 0 Å². The van der Waals surface area contributed by atoms with Crippen LogP contribution in [0.5, 0.6) is 5.75 Å². The minimum atomic E-state index is -0.418. The fourth-order valence-electron chi connectivity index (χ4n) is 2.71. The number of halogens is 1. The molecule has 4 nitrogen and oxygen atoms in total. The summed E-state index contributed by atoms with van der Waals surface area (Å²) in [6.45, 7) is 0.972. The van der Waals surface area contributed by atoms with E-state index < -0.39 is 5.82 Å². The van der Waals surface area contributed by atoms with Crippen LogP contribution in [0.4, 0.5) is 10.1 Å². The maximum atomic E-state index is 13.9. The van der Waals surface area contributed by atoms with E-state index in [1.165, 1.54) is 6.07 Å². The summed E-state index contributed by atoms with van der Waals surface area (Å²) in [6.07, 6.45) is 5.85. The molecule has 21 heavy (non-hydrogen) atoms. The van der Waals surface area contributed by atoms with Crippen LogP contribution in [-0.4, -0.2) is 24.6 Å². The van der Waals surface area contributed by atoms with E-state index in [1.807, 2.05) is 0 Å². The summed E-state index contributed by atoms with van der Waals surface area (Å²) in [5, 5.41) is 6.02. The molecule has 1 aromatic rings. The fraction of sp³-hybridized carbons (Fsp3) is 0.562. The lowest BCUT2D eigenvalue weighted by atomic mass is 9.96. The highest BCUT2D eigenvalue weighted by Gasteiger charge is 2.21. The lowest BCUT2D eigenvalue weighted by Gasteiger charge is -2.26. The van der Waals surface area contributed by atoms with Crippen molar-refractivity contribution in [2.75, 3.05) is 11.9 Å². The predicted octanol–water partition coefficient (Wildman–Crippen LogP) is 2.84. The number of amides is 1. The molecular weight excluding hydrogens is 271 g/mol. The number of hydrogen-bond donors (Lipinski definition) is 2. The first-order valence-electron chi connectivity index (χ1n) is 7.70. The van der Waals surface area contributed by atoms with Gasteiger partial charge in [-0.05, 0) is 50.8 Å². The molecule has 5 heteroatoms. The van der Waals surface area contributed by atoms with Crippen molar-refractivity contribution in [2.45, 2.75) is 50.7 Å². The van der Waals surface area contributed by atoms with Crippen molar-refractivity contribution in [1.82, 2.24) is 5.32 Å². The van der Waals surface area contributed by atoms with Crippen LogP contribution >= 0.6 is 0 Å². The maximum absolute atomic E-state index is 13.9. The number of carbonyl (C=O) groups excluding carboxylic acids is 1. The number of carbonyl (C=O) groups is 1. The molecule has 3 rings (SSSR count). The van der Waals surface area contributed by atoms with Gasteiger partial charge in [0.25, 0.3) is 0 Å². The lowest BCUT2D eigenvalue weighted by Crippen LogP contribution is -2.27. The van der Waals surface area contributed by atoms with Crippen LogP contribution in [0.1, 0.15) is 38.5 Å². The second-order valence-corrected chi connectivity index (χ2v) is 5.86. The first kappa shape index (κ1) is 14.3. The van der Waals surface area contributed by atoms with Crippen LogP contribution in [0.15, 0.2) is 18.2 Å². The molecule has 0 bridgehead atoms. The van der Waals surface area contributed by atoms with Crippen LogP contribution in [0.25, 0.3) is 0 Å². The molecular formula is C16H21FN2O2. The fourth-order valence-corrected chi connectivity index (χ4v) is 2.71. The molecule has 1 heterocycles. The summed E-state index contributed by atoms with van der Waals surface area (Å²) in [4.78, 5) is 11.9. The Hall–Kier alpha value is -1.62. The molecule has 1 aliphatic carbocycles. The molecule has 2 N–H and O–H groups in total. The molecule has 1 atom stereocenters. The summed E-state index contributed by atoms with van der Waals surface area (Å²) >= 11 is 0. The summed E-state index contributed by atoms with van der Waals surface area (Å²) in [5.74, 6) is -0.227. The molecule has 0 spiro atoms. The summed E-state index contributed by atoms with van der Waals surface area (Å²) in [6, 6.07) is 4.86. The Morgan fingerprint density at radius 3 is 2.81 bits per heavy atom. The van der Waals surface area contributed by atoms with E-state index in [-0.39, 0.29) is 23.8 Å². The predicted molar refractivity (Wildman–Crippen MR) is 78.9 cm³/mol. The van der Waals surface area contributed by atoms with Gasteiger partial charge in [0.1, 0.15) is 0 Å². The van der Waals surface area contributed by atoms with Gasteiger partial charge in [-0.1, -0.05) is 0 Å². The Balaban J connectivity index is 1.54. The van der Waals surface area contributed by atoms with E-state index in [4.69, 9.17) is 4.74 Å². The highest BCUT2D eigenvalue weighted by Crippen LogP contribution is 2.28. The van der Waals surface area contributed by atoms with Crippen molar-refractivity contribution in [3.8, 4) is 5.75 Å². The van der Waals surface area contributed by atoms with Gasteiger partial charge in [0.2, 0.25) is 5.91 Å². The topological polar surface area (TPSA) is 50.4 Å². The van der Waals surface area contributed by atoms with Gasteiger partial charge in [-0.3, -0.25) is 4.79 Å². The average Bonchev–Trinajstić information content (AvgIpc) is 2.88. The van der Waals surface area contributed by atoms with Gasteiger partial charge < -0.3 is 15.4 Å². The minimum Gasteiger partial charge on any atom is -0.487 e. The van der Waals surface area contributed by atoms with E-state index in [2.05, 4.69) is 10.6 Å². The van der Waals surface area contributed by atoms with Crippen LogP contribution < -0.4 is 15.4 Å². The van der Waals surface area contributed by atoms with Crippen LogP contribution in [0.2, 0.25) is 0 Å². The Morgan fingerprint density at radius 2 is 2.19 bits per heavy atom. The molecule has 1 saturated carbocycles. The van der Waals surface area contributed by atoms with Gasteiger partial charge in [-0.25, -0.2) is 4.39 Å². The number of ether oxygens (including phenoxy) is 1. The molecule has 0 aromatic heterocycles. The third-order valence-electron chi connectivity index (χ3n) is 4.16. The average molecular weight is 292 g/mol. The summed E-state index contributed by atoms with van der Waals surface area (Å²) in [7, 11) is 0. The molecule has 1 aliphatic heterocycles. The van der Waals surface area contributed by atoms with Gasteiger partial charge in [0, 0.05) is 24.2 Å². The molecule has 0 radical (unpaired) electrons. The molecule has 1 amide bonds. The Kier molecular flexibility index (Phi) is 4.39. The second-order valence-electron chi connectivity index (χ2n) is 5.86. The zero-order chi connectivity index (χ0) is 14.7. The van der Waals surface area contributed by atoms with Gasteiger partial charge in [0.05, 0.1) is 6.10 Å². The number of nitrogens with one attached hydrogen (secondary N) is 2. The third kappa shape index (κ3) is 3.73. The van der Waals surface area contributed by atoms with E-state index in [0.29, 0.717) is 12.1 Å². The van der Waals surface area contributed by atoms with E-state index in [1.54, 1.807) is 12.1 Å². The van der Waals surface area contributed by atoms with Gasteiger partial charge in [-0.2, -0.15) is 0 Å². The van der Waals surface area contributed by atoms with Crippen LogP contribution in [0.3, 0.4) is 0 Å². The number of rotatable bonds is 5. The zero-order valence-corrected chi connectivity index (χ0v) is 12.0. The van der Waals surface area contributed by atoms with E-state index in [9.17, 15) is 9.18 Å². The smallest absolute Gasteiger partial charge is 0.225 e. The third-order valence-corrected chi connectivity index (χ3v) is 4.16. The van der Waals surface area contributed by atoms with Crippen molar-refractivity contribution in [3.63, 3.8) is 0 Å². The van der Waals surface area contributed by atoms with E-state index >= 15 is 0 Å². The Labute approximate surface area is 124 Å². The lowest BCUT2D eigenvalue weighted by molar-refractivity contribution is -0.116. The maximum Gasteiger partial charge on any atom is 0.225 e. The molecule has 2 fully saturated rings. The van der Waals surface area contributed by atoms with Crippen LogP contribution in [-0.2, 0) is 4.79 Å². The van der Waals surface area contributed by atoms with Gasteiger partial charge in [0.15, 0.2) is 11.6 Å². The van der Waals surface area contributed by atoms with Crippen molar-refractivity contribution < 1.29 is 13.9 Å². The monoisotopic (exact) mass is 292 g/mol. The molecule has 2 aliphatic rings. The highest BCUT2D eigenvalue weighted by atomic mass is 19.1. The number of benzene rings is 1. The Bertz CT molecular complexity index is 511. The van der Waals surface area contributed by atoms with Gasteiger partial charge >= 0.3 is 0 Å². The first-order chi connectivity index (χ1) is 10.2. The Morgan fingerprint density at radius 1 is 1.33 bits per heavy atom. The number of anilines is 1. The zero-order valence-electron chi connectivity index (χ0n) is 12.0. The molecule has 114 valence electrons. The van der Waals surface area contributed by atoms with Crippen molar-refractivity contribution >= 4 is 11.6 Å². The summed E-state index contributed by atoms with van der Waals surface area (Å²) in [5.41, 5.74) is 0.483. The normalized spacial score (nSPS) is 21.9. The van der Waals surface area contributed by atoms with Crippen molar-refractivity contribution in [1.29, 1.82) is 0 Å². The molecule has 1 aromatic carbocycles. The minimum absolute atomic E-state index is 0.0820. The quantitative estimate of drug-likeness (QED) is 0.877. The van der Waals surface area contributed by atoms with Crippen molar-refractivity contribution in [3.05, 3.63) is 24.0 Å². The largest absolute Gasteiger partial charge is 0.487 e.